The van der Waals surface area contributed by atoms with Crippen molar-refractivity contribution in [3.05, 3.63) is 70.8 Å². The van der Waals surface area contributed by atoms with Crippen LogP contribution in [0.1, 0.15) is 47.4 Å². The molecule has 0 amide bonds. The third-order valence-electron chi connectivity index (χ3n) is 7.47. The summed E-state index contributed by atoms with van der Waals surface area (Å²) in [6, 6.07) is 14.2. The Labute approximate surface area is 204 Å². The predicted molar refractivity (Wildman–Crippen MR) is 126 cm³/mol. The highest BCUT2D eigenvalue weighted by atomic mass is 19.4. The first-order valence-corrected chi connectivity index (χ1v) is 11.9. The van der Waals surface area contributed by atoms with Crippen LogP contribution in [0.25, 0.3) is 34.0 Å². The summed E-state index contributed by atoms with van der Waals surface area (Å²) in [6.07, 6.45) is -1.20. The summed E-state index contributed by atoms with van der Waals surface area (Å²) < 4.78 is 53.2. The van der Waals surface area contributed by atoms with E-state index in [1.807, 2.05) is 12.1 Å². The molecule has 2 aliphatic rings. The van der Waals surface area contributed by atoms with Crippen LogP contribution in [0, 0.1) is 0 Å². The Morgan fingerprint density at radius 3 is 2.47 bits per heavy atom. The maximum absolute atomic E-state index is 14.2. The molecule has 0 aliphatic heterocycles. The minimum atomic E-state index is -4.70. The molecule has 3 N–H and O–H groups in total. The zero-order chi connectivity index (χ0) is 25.1. The van der Waals surface area contributed by atoms with E-state index in [4.69, 9.17) is 14.8 Å². The molecule has 36 heavy (non-hydrogen) atoms. The van der Waals surface area contributed by atoms with Gasteiger partial charge in [-0.25, -0.2) is 0 Å². The Hall–Kier alpha value is -3.43. The van der Waals surface area contributed by atoms with Crippen molar-refractivity contribution in [1.29, 1.82) is 0 Å². The van der Waals surface area contributed by atoms with Gasteiger partial charge in [0.25, 0.3) is 0 Å². The monoisotopic (exact) mass is 495 g/mol. The lowest BCUT2D eigenvalue weighted by Crippen LogP contribution is -2.40. The molecule has 0 unspecified atom stereocenters. The summed E-state index contributed by atoms with van der Waals surface area (Å²) >= 11 is 0. The fourth-order valence-corrected chi connectivity index (χ4v) is 5.58. The number of rotatable bonds is 4. The minimum Gasteiger partial charge on any atom is -0.394 e. The molecule has 0 spiro atoms. The summed E-state index contributed by atoms with van der Waals surface area (Å²) in [5.41, 5.74) is 8.84. The number of nitrogens with two attached hydrogens (primary N) is 1. The normalized spacial score (nSPS) is 21.4. The van der Waals surface area contributed by atoms with E-state index in [1.165, 1.54) is 0 Å². The number of alkyl halides is 3. The second-order valence-corrected chi connectivity index (χ2v) is 9.81. The van der Waals surface area contributed by atoms with Gasteiger partial charge in [-0.2, -0.15) is 13.2 Å². The molecule has 0 radical (unpaired) electrons. The van der Waals surface area contributed by atoms with Crippen LogP contribution in [-0.4, -0.2) is 27.6 Å². The van der Waals surface area contributed by atoms with Crippen molar-refractivity contribution >= 4 is 0 Å². The van der Waals surface area contributed by atoms with E-state index < -0.39 is 17.3 Å². The lowest BCUT2D eigenvalue weighted by atomic mass is 9.84. The van der Waals surface area contributed by atoms with Crippen molar-refractivity contribution in [2.45, 2.75) is 49.7 Å². The summed E-state index contributed by atoms with van der Waals surface area (Å²) in [4.78, 5) is 0. The smallest absolute Gasteiger partial charge is 0.394 e. The quantitative estimate of drug-likeness (QED) is 0.375. The van der Waals surface area contributed by atoms with Gasteiger partial charge in [0.1, 0.15) is 11.3 Å². The average Bonchev–Trinajstić information content (AvgIpc) is 3.60. The topological polar surface area (TPSA) is 98.3 Å². The molecule has 4 aromatic rings. The second kappa shape index (κ2) is 8.31. The van der Waals surface area contributed by atoms with Crippen molar-refractivity contribution in [2.75, 3.05) is 6.61 Å². The van der Waals surface area contributed by atoms with E-state index in [1.54, 1.807) is 30.3 Å². The van der Waals surface area contributed by atoms with Gasteiger partial charge in [-0.1, -0.05) is 58.8 Å². The number of nitrogens with zero attached hydrogens (tertiary/aromatic N) is 2. The van der Waals surface area contributed by atoms with E-state index in [0.29, 0.717) is 24.1 Å². The molecule has 6 rings (SSSR count). The number of halogens is 3. The van der Waals surface area contributed by atoms with E-state index in [9.17, 15) is 18.3 Å². The van der Waals surface area contributed by atoms with Crippen LogP contribution in [0.15, 0.2) is 57.6 Å². The largest absolute Gasteiger partial charge is 0.422 e. The number of hydrogen-bond acceptors (Lipinski definition) is 6. The fourth-order valence-electron chi connectivity index (χ4n) is 5.58. The predicted octanol–water partition coefficient (Wildman–Crippen LogP) is 5.74. The summed E-state index contributed by atoms with van der Waals surface area (Å²) in [7, 11) is 0. The highest BCUT2D eigenvalue weighted by Crippen LogP contribution is 2.47. The second-order valence-electron chi connectivity index (χ2n) is 9.81. The van der Waals surface area contributed by atoms with E-state index >= 15 is 0 Å². The highest BCUT2D eigenvalue weighted by Gasteiger charge is 2.43. The van der Waals surface area contributed by atoms with Crippen LogP contribution in [-0.2, 0) is 19.0 Å². The lowest BCUT2D eigenvalue weighted by molar-refractivity contribution is -0.136. The molecular weight excluding hydrogens is 471 g/mol. The molecule has 0 bridgehead atoms. The number of aliphatic hydroxyl groups is 1. The van der Waals surface area contributed by atoms with Gasteiger partial charge >= 0.3 is 6.18 Å². The molecule has 186 valence electrons. The molecule has 2 aliphatic carbocycles. The molecule has 2 atom stereocenters. The zero-order valence-corrected chi connectivity index (χ0v) is 19.3. The van der Waals surface area contributed by atoms with Crippen molar-refractivity contribution < 1.29 is 27.3 Å². The summed E-state index contributed by atoms with van der Waals surface area (Å²) in [5.74, 6) is -0.0910. The first-order valence-electron chi connectivity index (χ1n) is 11.9. The van der Waals surface area contributed by atoms with Crippen molar-refractivity contribution in [1.82, 2.24) is 10.3 Å². The average molecular weight is 496 g/mol. The van der Waals surface area contributed by atoms with E-state index in [2.05, 4.69) is 16.4 Å². The number of aromatic nitrogens is 2. The van der Waals surface area contributed by atoms with Crippen molar-refractivity contribution in [3.8, 4) is 34.0 Å². The number of fused-ring (bicyclic) bond motifs is 3. The summed E-state index contributed by atoms with van der Waals surface area (Å²) in [5, 5.41) is 17.6. The number of aliphatic hydroxyl groups excluding tert-OH is 1. The molecule has 9 heteroatoms. The maximum Gasteiger partial charge on any atom is 0.422 e. The summed E-state index contributed by atoms with van der Waals surface area (Å²) in [6.45, 7) is -0.0343. The number of benzene rings is 2. The van der Waals surface area contributed by atoms with Gasteiger partial charge in [0.2, 0.25) is 0 Å². The Morgan fingerprint density at radius 1 is 1.00 bits per heavy atom. The third kappa shape index (κ3) is 3.74. The SMILES string of the molecule is N[C@@]1(CO)CC[C@@H](c2ccc3c(c2)CCc2c-3noc2-c2noc(-c3ccccc3)c2C(F)(F)F)C1. The molecule has 6 nitrogen and oxygen atoms in total. The standard InChI is InChI=1S/C27H24F3N3O3/c28-27(29,30)21-23(33-35-24(21)15-4-2-1-3-5-15)25-20-9-7-17-12-16(6-8-19(17)22(20)32-36-25)18-10-11-26(31,13-18)14-34/h1-6,8,12,18,34H,7,9-11,13-14,31H2/t18-,26+/m1/s1. The zero-order valence-electron chi connectivity index (χ0n) is 19.3. The molecule has 2 aromatic heterocycles. The van der Waals surface area contributed by atoms with Crippen molar-refractivity contribution in [3.63, 3.8) is 0 Å². The Kier molecular flexibility index (Phi) is 5.31. The molecule has 1 fully saturated rings. The van der Waals surface area contributed by atoms with Gasteiger partial charge in [0.15, 0.2) is 17.2 Å². The Balaban J connectivity index is 1.38. The first-order chi connectivity index (χ1) is 17.3. The molecule has 1 saturated carbocycles. The van der Waals surface area contributed by atoms with Crippen LogP contribution < -0.4 is 5.73 Å². The van der Waals surface area contributed by atoms with Crippen LogP contribution in [0.4, 0.5) is 13.2 Å². The van der Waals surface area contributed by atoms with Crippen LogP contribution in [0.3, 0.4) is 0 Å². The van der Waals surface area contributed by atoms with Gasteiger partial charge in [-0.15, -0.1) is 0 Å². The molecule has 0 saturated heterocycles. The Bertz CT molecular complexity index is 1430. The van der Waals surface area contributed by atoms with E-state index in [-0.39, 0.29) is 35.3 Å². The molecule has 2 heterocycles. The maximum atomic E-state index is 14.2. The van der Waals surface area contributed by atoms with Gasteiger partial charge < -0.3 is 19.9 Å². The number of hydrogen-bond donors (Lipinski definition) is 2. The molecule has 2 aromatic carbocycles. The molecular formula is C27H24F3N3O3. The highest BCUT2D eigenvalue weighted by molar-refractivity contribution is 5.79. The van der Waals surface area contributed by atoms with Gasteiger partial charge in [-0.05, 0) is 49.1 Å². The fraction of sp³-hybridized carbons (Fsp3) is 0.333. The van der Waals surface area contributed by atoms with Gasteiger partial charge in [-0.3, -0.25) is 0 Å². The van der Waals surface area contributed by atoms with Gasteiger partial charge in [0, 0.05) is 22.2 Å². The third-order valence-corrected chi connectivity index (χ3v) is 7.47. The van der Waals surface area contributed by atoms with Gasteiger partial charge in [0.05, 0.1) is 6.61 Å². The van der Waals surface area contributed by atoms with E-state index in [0.717, 1.165) is 36.0 Å². The lowest BCUT2D eigenvalue weighted by Gasteiger charge is -2.22. The Morgan fingerprint density at radius 2 is 1.75 bits per heavy atom. The first kappa shape index (κ1) is 23.0. The van der Waals surface area contributed by atoms with Crippen molar-refractivity contribution in [2.24, 2.45) is 5.73 Å². The van der Waals surface area contributed by atoms with Crippen LogP contribution in [0.5, 0.6) is 0 Å². The minimum absolute atomic E-state index is 0.00960. The van der Waals surface area contributed by atoms with Crippen LogP contribution >= 0.6 is 0 Å². The number of aryl methyl sites for hydroxylation is 1. The van der Waals surface area contributed by atoms with Crippen LogP contribution in [0.2, 0.25) is 0 Å².